The van der Waals surface area contributed by atoms with Crippen molar-refractivity contribution in [3.63, 3.8) is 0 Å². The van der Waals surface area contributed by atoms with Crippen LogP contribution in [0.5, 0.6) is 0 Å². The van der Waals surface area contributed by atoms with Crippen LogP contribution in [0.2, 0.25) is 0 Å². The minimum atomic E-state index is 0.713. The molecule has 0 aromatic heterocycles. The molecule has 1 fully saturated rings. The topological polar surface area (TPSA) is 50.5 Å². The monoisotopic (exact) mass is 263 g/mol. The number of ether oxygens (including phenoxy) is 1. The molecule has 1 heterocycles. The number of benzene rings is 1. The second kappa shape index (κ2) is 7.48. The Morgan fingerprint density at radius 1 is 1.32 bits per heavy atom. The molecule has 0 aliphatic carbocycles. The van der Waals surface area contributed by atoms with Crippen molar-refractivity contribution >= 4 is 5.69 Å². The Bertz CT molecular complexity index is 389. The van der Waals surface area contributed by atoms with E-state index in [9.17, 15) is 0 Å². The number of aryl methyl sites for hydroxylation is 1. The van der Waals surface area contributed by atoms with Crippen LogP contribution < -0.4 is 11.1 Å². The van der Waals surface area contributed by atoms with E-state index in [1.165, 1.54) is 16.8 Å². The summed E-state index contributed by atoms with van der Waals surface area (Å²) in [4.78, 5) is 2.44. The van der Waals surface area contributed by atoms with E-state index in [1.807, 2.05) is 0 Å². The standard InChI is InChI=1S/C15H25N3O/c1-13-12-15(3-2-14(13)4-5-16)17-6-7-18-8-10-19-11-9-18/h2-3,12,17H,4-11,16H2,1H3. The lowest BCUT2D eigenvalue weighted by Gasteiger charge is -2.26. The largest absolute Gasteiger partial charge is 0.384 e. The summed E-state index contributed by atoms with van der Waals surface area (Å²) >= 11 is 0. The maximum absolute atomic E-state index is 5.60. The zero-order valence-corrected chi connectivity index (χ0v) is 11.8. The first-order valence-electron chi connectivity index (χ1n) is 7.13. The van der Waals surface area contributed by atoms with E-state index in [2.05, 4.69) is 35.3 Å². The summed E-state index contributed by atoms with van der Waals surface area (Å²) in [5.41, 5.74) is 9.47. The van der Waals surface area contributed by atoms with Crippen molar-refractivity contribution in [2.24, 2.45) is 5.73 Å². The minimum Gasteiger partial charge on any atom is -0.384 e. The smallest absolute Gasteiger partial charge is 0.0594 e. The van der Waals surface area contributed by atoms with Crippen molar-refractivity contribution in [1.82, 2.24) is 4.90 Å². The van der Waals surface area contributed by atoms with Crippen molar-refractivity contribution in [3.8, 4) is 0 Å². The van der Waals surface area contributed by atoms with Crippen LogP contribution in [0.15, 0.2) is 18.2 Å². The molecule has 0 amide bonds. The average molecular weight is 263 g/mol. The zero-order chi connectivity index (χ0) is 13.5. The molecule has 0 atom stereocenters. The number of morpholine rings is 1. The van der Waals surface area contributed by atoms with Crippen molar-refractivity contribution in [3.05, 3.63) is 29.3 Å². The molecule has 0 radical (unpaired) electrons. The van der Waals surface area contributed by atoms with Gasteiger partial charge in [0.25, 0.3) is 0 Å². The first-order valence-corrected chi connectivity index (χ1v) is 7.13. The number of hydrogen-bond acceptors (Lipinski definition) is 4. The van der Waals surface area contributed by atoms with Crippen LogP contribution in [0.25, 0.3) is 0 Å². The summed E-state index contributed by atoms with van der Waals surface area (Å²) in [6.07, 6.45) is 0.958. The van der Waals surface area contributed by atoms with E-state index in [-0.39, 0.29) is 0 Å². The lowest BCUT2D eigenvalue weighted by molar-refractivity contribution is 0.0398. The Hall–Kier alpha value is -1.10. The van der Waals surface area contributed by atoms with Gasteiger partial charge in [0, 0.05) is 31.9 Å². The van der Waals surface area contributed by atoms with Crippen LogP contribution >= 0.6 is 0 Å². The first kappa shape index (κ1) is 14.3. The van der Waals surface area contributed by atoms with Gasteiger partial charge in [-0.1, -0.05) is 6.07 Å². The van der Waals surface area contributed by atoms with Gasteiger partial charge < -0.3 is 15.8 Å². The van der Waals surface area contributed by atoms with Gasteiger partial charge in [0.15, 0.2) is 0 Å². The lowest BCUT2D eigenvalue weighted by Crippen LogP contribution is -2.39. The van der Waals surface area contributed by atoms with E-state index in [1.54, 1.807) is 0 Å². The Balaban J connectivity index is 1.77. The highest BCUT2D eigenvalue weighted by atomic mass is 16.5. The highest BCUT2D eigenvalue weighted by molar-refractivity contribution is 5.48. The van der Waals surface area contributed by atoms with Crippen LogP contribution in [-0.4, -0.2) is 50.8 Å². The van der Waals surface area contributed by atoms with Gasteiger partial charge in [-0.2, -0.15) is 0 Å². The van der Waals surface area contributed by atoms with Crippen molar-refractivity contribution in [2.45, 2.75) is 13.3 Å². The summed E-state index contributed by atoms with van der Waals surface area (Å²) in [6, 6.07) is 6.54. The van der Waals surface area contributed by atoms with E-state index < -0.39 is 0 Å². The SMILES string of the molecule is Cc1cc(NCCN2CCOCC2)ccc1CCN. The molecule has 1 aromatic carbocycles. The second-order valence-electron chi connectivity index (χ2n) is 5.06. The predicted octanol–water partition coefficient (Wildman–Crippen LogP) is 1.24. The van der Waals surface area contributed by atoms with E-state index in [0.717, 1.165) is 45.8 Å². The molecule has 1 aliphatic heterocycles. The molecule has 106 valence electrons. The molecule has 0 spiro atoms. The van der Waals surface area contributed by atoms with Crippen molar-refractivity contribution in [1.29, 1.82) is 0 Å². The molecule has 3 N–H and O–H groups in total. The number of nitrogens with zero attached hydrogens (tertiary/aromatic N) is 1. The average Bonchev–Trinajstić information content (AvgIpc) is 2.43. The molecule has 0 saturated carbocycles. The van der Waals surface area contributed by atoms with Gasteiger partial charge in [0.05, 0.1) is 13.2 Å². The van der Waals surface area contributed by atoms with Gasteiger partial charge in [-0.15, -0.1) is 0 Å². The van der Waals surface area contributed by atoms with Crippen LogP contribution in [0.1, 0.15) is 11.1 Å². The number of nitrogens with one attached hydrogen (secondary N) is 1. The number of anilines is 1. The fraction of sp³-hybridized carbons (Fsp3) is 0.600. The number of rotatable bonds is 6. The highest BCUT2D eigenvalue weighted by Gasteiger charge is 2.09. The molecular formula is C15H25N3O. The Morgan fingerprint density at radius 2 is 2.11 bits per heavy atom. The second-order valence-corrected chi connectivity index (χ2v) is 5.06. The third-order valence-electron chi connectivity index (χ3n) is 3.62. The Kier molecular flexibility index (Phi) is 5.63. The minimum absolute atomic E-state index is 0.713. The van der Waals surface area contributed by atoms with Gasteiger partial charge in [0.1, 0.15) is 0 Å². The van der Waals surface area contributed by atoms with Crippen molar-refractivity contribution < 1.29 is 4.74 Å². The third kappa shape index (κ3) is 4.49. The molecule has 0 unspecified atom stereocenters. The maximum atomic E-state index is 5.60. The molecule has 1 saturated heterocycles. The summed E-state index contributed by atoms with van der Waals surface area (Å²) in [7, 11) is 0. The molecule has 2 rings (SSSR count). The van der Waals surface area contributed by atoms with Gasteiger partial charge in [0.2, 0.25) is 0 Å². The fourth-order valence-electron chi connectivity index (χ4n) is 2.42. The van der Waals surface area contributed by atoms with Crippen LogP contribution in [-0.2, 0) is 11.2 Å². The van der Waals surface area contributed by atoms with Gasteiger partial charge in [-0.05, 0) is 43.1 Å². The third-order valence-corrected chi connectivity index (χ3v) is 3.62. The summed E-state index contributed by atoms with van der Waals surface area (Å²) in [5.74, 6) is 0. The quantitative estimate of drug-likeness (QED) is 0.811. The highest BCUT2D eigenvalue weighted by Crippen LogP contribution is 2.15. The van der Waals surface area contributed by atoms with E-state index >= 15 is 0 Å². The first-order chi connectivity index (χ1) is 9.29. The van der Waals surface area contributed by atoms with Crippen molar-refractivity contribution in [2.75, 3.05) is 51.3 Å². The zero-order valence-electron chi connectivity index (χ0n) is 11.8. The van der Waals surface area contributed by atoms with Crippen LogP contribution in [0.4, 0.5) is 5.69 Å². The van der Waals surface area contributed by atoms with E-state index in [4.69, 9.17) is 10.5 Å². The fourth-order valence-corrected chi connectivity index (χ4v) is 2.42. The predicted molar refractivity (Wildman–Crippen MR) is 79.7 cm³/mol. The molecular weight excluding hydrogens is 238 g/mol. The van der Waals surface area contributed by atoms with E-state index in [0.29, 0.717) is 6.54 Å². The molecule has 1 aliphatic rings. The van der Waals surface area contributed by atoms with Crippen LogP contribution in [0.3, 0.4) is 0 Å². The number of hydrogen-bond donors (Lipinski definition) is 2. The van der Waals surface area contributed by atoms with Gasteiger partial charge >= 0.3 is 0 Å². The molecule has 19 heavy (non-hydrogen) atoms. The molecule has 4 heteroatoms. The molecule has 4 nitrogen and oxygen atoms in total. The van der Waals surface area contributed by atoms with Gasteiger partial charge in [-0.25, -0.2) is 0 Å². The number of nitrogens with two attached hydrogens (primary N) is 1. The summed E-state index contributed by atoms with van der Waals surface area (Å²) in [6.45, 7) is 8.76. The van der Waals surface area contributed by atoms with Gasteiger partial charge in [-0.3, -0.25) is 4.90 Å². The Labute approximate surface area is 115 Å². The van der Waals surface area contributed by atoms with Crippen LogP contribution in [0, 0.1) is 6.92 Å². The summed E-state index contributed by atoms with van der Waals surface area (Å²) in [5, 5.41) is 3.49. The molecule has 1 aromatic rings. The summed E-state index contributed by atoms with van der Waals surface area (Å²) < 4.78 is 5.34. The normalized spacial score (nSPS) is 16.5. The molecule has 0 bridgehead atoms. The lowest BCUT2D eigenvalue weighted by atomic mass is 10.1. The Morgan fingerprint density at radius 3 is 2.79 bits per heavy atom. The maximum Gasteiger partial charge on any atom is 0.0594 e.